The van der Waals surface area contributed by atoms with Crippen molar-refractivity contribution in [1.29, 1.82) is 0 Å². The second kappa shape index (κ2) is 7.39. The fourth-order valence-corrected chi connectivity index (χ4v) is 4.85. The molecule has 1 fully saturated rings. The molecule has 1 atom stereocenters. The Labute approximate surface area is 149 Å². The molecule has 1 aliphatic heterocycles. The van der Waals surface area contributed by atoms with E-state index in [0.717, 1.165) is 36.8 Å². The van der Waals surface area contributed by atoms with Crippen LogP contribution in [0.1, 0.15) is 38.3 Å². The highest BCUT2D eigenvalue weighted by Gasteiger charge is 2.28. The highest BCUT2D eigenvalue weighted by molar-refractivity contribution is 7.89. The van der Waals surface area contributed by atoms with E-state index >= 15 is 0 Å². The van der Waals surface area contributed by atoms with Crippen molar-refractivity contribution in [3.8, 4) is 0 Å². The van der Waals surface area contributed by atoms with Gasteiger partial charge in [0.15, 0.2) is 5.65 Å². The summed E-state index contributed by atoms with van der Waals surface area (Å²) in [5, 5.41) is 5.09. The lowest BCUT2D eigenvalue weighted by molar-refractivity contribution is 0.00624. The first kappa shape index (κ1) is 18.3. The maximum absolute atomic E-state index is 13.2. The SMILES string of the molecule is CCCN(CC1CCCCO1)S(=O)(=O)c1cnc2c(c1)c(C)nn2C. The average molecular weight is 366 g/mol. The first-order valence-corrected chi connectivity index (χ1v) is 10.3. The van der Waals surface area contributed by atoms with Gasteiger partial charge < -0.3 is 4.74 Å². The number of hydrogen-bond acceptors (Lipinski definition) is 5. The van der Waals surface area contributed by atoms with Gasteiger partial charge in [-0.25, -0.2) is 13.4 Å². The Morgan fingerprint density at radius 3 is 2.88 bits per heavy atom. The van der Waals surface area contributed by atoms with Crippen molar-refractivity contribution in [2.75, 3.05) is 19.7 Å². The van der Waals surface area contributed by atoms with Crippen molar-refractivity contribution < 1.29 is 13.2 Å². The van der Waals surface area contributed by atoms with E-state index in [4.69, 9.17) is 4.74 Å². The first-order chi connectivity index (χ1) is 11.9. The van der Waals surface area contributed by atoms with Crippen LogP contribution < -0.4 is 0 Å². The predicted octanol–water partition coefficient (Wildman–Crippen LogP) is 2.25. The zero-order valence-corrected chi connectivity index (χ0v) is 15.9. The summed E-state index contributed by atoms with van der Waals surface area (Å²) in [7, 11) is -1.80. The van der Waals surface area contributed by atoms with Crippen molar-refractivity contribution in [1.82, 2.24) is 19.1 Å². The van der Waals surface area contributed by atoms with Crippen molar-refractivity contribution in [3.05, 3.63) is 18.0 Å². The van der Waals surface area contributed by atoms with Crippen molar-refractivity contribution in [2.24, 2.45) is 7.05 Å². The van der Waals surface area contributed by atoms with E-state index in [9.17, 15) is 8.42 Å². The molecule has 0 bridgehead atoms. The lowest BCUT2D eigenvalue weighted by atomic mass is 10.1. The molecule has 0 amide bonds. The summed E-state index contributed by atoms with van der Waals surface area (Å²) < 4.78 is 35.3. The van der Waals surface area contributed by atoms with Gasteiger partial charge in [-0.1, -0.05) is 6.92 Å². The summed E-state index contributed by atoms with van der Waals surface area (Å²) in [6.45, 7) is 5.44. The van der Waals surface area contributed by atoms with Crippen LogP contribution in [-0.4, -0.2) is 53.3 Å². The molecule has 0 aliphatic carbocycles. The normalized spacial score (nSPS) is 19.0. The van der Waals surface area contributed by atoms with Crippen LogP contribution >= 0.6 is 0 Å². The molecule has 7 nitrogen and oxygen atoms in total. The average Bonchev–Trinajstić information content (AvgIpc) is 2.89. The second-order valence-electron chi connectivity index (χ2n) is 6.60. The number of aromatic nitrogens is 3. The summed E-state index contributed by atoms with van der Waals surface area (Å²) in [4.78, 5) is 4.54. The van der Waals surface area contributed by atoms with E-state index < -0.39 is 10.0 Å². The van der Waals surface area contributed by atoms with Gasteiger partial charge in [0.1, 0.15) is 4.90 Å². The van der Waals surface area contributed by atoms with Gasteiger partial charge in [-0.2, -0.15) is 9.40 Å². The minimum atomic E-state index is -3.61. The van der Waals surface area contributed by atoms with Crippen LogP contribution in [0.5, 0.6) is 0 Å². The van der Waals surface area contributed by atoms with Gasteiger partial charge in [0.25, 0.3) is 0 Å². The fourth-order valence-electron chi connectivity index (χ4n) is 3.32. The topological polar surface area (TPSA) is 77.3 Å². The number of rotatable bonds is 6. The number of aryl methyl sites for hydroxylation is 2. The number of hydrogen-bond donors (Lipinski definition) is 0. The van der Waals surface area contributed by atoms with Gasteiger partial charge in [-0.15, -0.1) is 0 Å². The second-order valence-corrected chi connectivity index (χ2v) is 8.54. The summed E-state index contributed by atoms with van der Waals surface area (Å²) in [5.74, 6) is 0. The van der Waals surface area contributed by atoms with E-state index in [1.165, 1.54) is 10.5 Å². The molecule has 1 aliphatic rings. The molecular weight excluding hydrogens is 340 g/mol. The third kappa shape index (κ3) is 3.70. The quantitative estimate of drug-likeness (QED) is 0.784. The Kier molecular flexibility index (Phi) is 5.41. The lowest BCUT2D eigenvalue weighted by Gasteiger charge is -2.29. The number of ether oxygens (including phenoxy) is 1. The molecule has 138 valence electrons. The van der Waals surface area contributed by atoms with Crippen molar-refractivity contribution >= 4 is 21.1 Å². The Morgan fingerprint density at radius 1 is 1.40 bits per heavy atom. The highest BCUT2D eigenvalue weighted by Crippen LogP contribution is 2.24. The molecule has 3 heterocycles. The molecule has 0 aromatic carbocycles. The molecule has 1 saturated heterocycles. The standard InChI is InChI=1S/C17H26N4O3S/c1-4-8-21(12-14-7-5-6-9-24-14)25(22,23)15-10-16-13(2)19-20(3)17(16)18-11-15/h10-11,14H,4-9,12H2,1-3H3. The van der Waals surface area contributed by atoms with Gasteiger partial charge in [0.05, 0.1) is 11.8 Å². The van der Waals surface area contributed by atoms with E-state index in [1.807, 2.05) is 13.8 Å². The van der Waals surface area contributed by atoms with Gasteiger partial charge in [0, 0.05) is 38.3 Å². The monoisotopic (exact) mass is 366 g/mol. The van der Waals surface area contributed by atoms with Crippen LogP contribution in [0.2, 0.25) is 0 Å². The Bertz CT molecular complexity index is 841. The van der Waals surface area contributed by atoms with Crippen LogP contribution in [0.3, 0.4) is 0 Å². The molecule has 0 radical (unpaired) electrons. The first-order valence-electron chi connectivity index (χ1n) is 8.84. The summed E-state index contributed by atoms with van der Waals surface area (Å²) in [6.07, 6.45) is 5.23. The van der Waals surface area contributed by atoms with Gasteiger partial charge >= 0.3 is 0 Å². The molecule has 25 heavy (non-hydrogen) atoms. The predicted molar refractivity (Wildman–Crippen MR) is 95.9 cm³/mol. The molecule has 1 unspecified atom stereocenters. The number of sulfonamides is 1. The maximum atomic E-state index is 13.2. The minimum absolute atomic E-state index is 0.0214. The Hall–Kier alpha value is -1.51. The number of fused-ring (bicyclic) bond motifs is 1. The van der Waals surface area contributed by atoms with Crippen LogP contribution in [0, 0.1) is 6.92 Å². The molecule has 2 aromatic rings. The maximum Gasteiger partial charge on any atom is 0.244 e. The summed E-state index contributed by atoms with van der Waals surface area (Å²) in [5.41, 5.74) is 1.47. The molecule has 0 saturated carbocycles. The molecule has 2 aromatic heterocycles. The minimum Gasteiger partial charge on any atom is -0.377 e. The highest BCUT2D eigenvalue weighted by atomic mass is 32.2. The van der Waals surface area contributed by atoms with Crippen LogP contribution in [0.4, 0.5) is 0 Å². The van der Waals surface area contributed by atoms with Crippen molar-refractivity contribution in [3.63, 3.8) is 0 Å². The van der Waals surface area contributed by atoms with Crippen LogP contribution in [0.25, 0.3) is 11.0 Å². The van der Waals surface area contributed by atoms with Crippen molar-refractivity contribution in [2.45, 2.75) is 50.5 Å². The molecular formula is C17H26N4O3S. The van der Waals surface area contributed by atoms with Crippen LogP contribution in [0.15, 0.2) is 17.2 Å². The van der Waals surface area contributed by atoms with E-state index in [1.54, 1.807) is 17.8 Å². The zero-order valence-electron chi connectivity index (χ0n) is 15.1. The molecule has 8 heteroatoms. The number of nitrogens with zero attached hydrogens (tertiary/aromatic N) is 4. The van der Waals surface area contributed by atoms with E-state index in [-0.39, 0.29) is 11.0 Å². The summed E-state index contributed by atoms with van der Waals surface area (Å²) >= 11 is 0. The summed E-state index contributed by atoms with van der Waals surface area (Å²) in [6, 6.07) is 1.68. The molecule has 0 N–H and O–H groups in total. The lowest BCUT2D eigenvalue weighted by Crippen LogP contribution is -2.40. The van der Waals surface area contributed by atoms with E-state index in [2.05, 4.69) is 10.1 Å². The van der Waals surface area contributed by atoms with Gasteiger partial charge in [-0.05, 0) is 38.7 Å². The molecule has 0 spiro atoms. The zero-order chi connectivity index (χ0) is 18.0. The van der Waals surface area contributed by atoms with E-state index in [0.29, 0.717) is 25.3 Å². The third-order valence-corrected chi connectivity index (χ3v) is 6.46. The van der Waals surface area contributed by atoms with Gasteiger partial charge in [-0.3, -0.25) is 4.68 Å². The smallest absolute Gasteiger partial charge is 0.244 e. The largest absolute Gasteiger partial charge is 0.377 e. The fraction of sp³-hybridized carbons (Fsp3) is 0.647. The Morgan fingerprint density at radius 2 is 2.20 bits per heavy atom. The van der Waals surface area contributed by atoms with Crippen LogP contribution in [-0.2, 0) is 21.8 Å². The Balaban J connectivity index is 1.92. The third-order valence-electron chi connectivity index (χ3n) is 4.63. The molecule has 3 rings (SSSR count). The van der Waals surface area contributed by atoms with Gasteiger partial charge in [0.2, 0.25) is 10.0 Å². The number of pyridine rings is 1.